The Kier molecular flexibility index (Phi) is 10.3. The van der Waals surface area contributed by atoms with E-state index in [1.165, 1.54) is 0 Å². The molecular weight excluding hydrogens is 466 g/mol. The first-order valence-electron chi connectivity index (χ1n) is 13.0. The maximum Gasteiger partial charge on any atom is 0.239 e. The zero-order chi connectivity index (χ0) is 26.9. The van der Waals surface area contributed by atoms with Crippen molar-refractivity contribution in [3.8, 4) is 22.6 Å². The fraction of sp³-hybridized carbons (Fsp3) is 0.433. The van der Waals surface area contributed by atoms with Gasteiger partial charge >= 0.3 is 0 Å². The zero-order valence-corrected chi connectivity index (χ0v) is 22.1. The number of hydrogen-bond donors (Lipinski definition) is 4. The highest BCUT2D eigenvalue weighted by molar-refractivity contribution is 5.82. The zero-order valence-electron chi connectivity index (χ0n) is 22.1. The van der Waals surface area contributed by atoms with Crippen molar-refractivity contribution in [3.63, 3.8) is 0 Å². The van der Waals surface area contributed by atoms with Crippen molar-refractivity contribution in [1.29, 1.82) is 0 Å². The quantitative estimate of drug-likeness (QED) is 0.326. The Morgan fingerprint density at radius 3 is 2.41 bits per heavy atom. The van der Waals surface area contributed by atoms with E-state index >= 15 is 0 Å². The molecule has 0 radical (unpaired) electrons. The summed E-state index contributed by atoms with van der Waals surface area (Å²) in [5, 5.41) is 23.5. The summed E-state index contributed by atoms with van der Waals surface area (Å²) in [5.41, 5.74) is 10.3. The van der Waals surface area contributed by atoms with E-state index in [9.17, 15) is 9.90 Å². The maximum absolute atomic E-state index is 12.0. The number of piperidine rings is 1. The van der Waals surface area contributed by atoms with Crippen LogP contribution in [0.1, 0.15) is 43.4 Å². The van der Waals surface area contributed by atoms with Crippen molar-refractivity contribution in [2.75, 3.05) is 19.7 Å². The van der Waals surface area contributed by atoms with Gasteiger partial charge in [0.25, 0.3) is 0 Å². The number of hydrogen-bond acceptors (Lipinski definition) is 6. The molecule has 1 amide bonds. The number of allylic oxidation sites excluding steroid dienone is 2. The second kappa shape index (κ2) is 13.4. The number of aliphatic hydroxyl groups excluding tert-OH is 1. The Morgan fingerprint density at radius 2 is 1.78 bits per heavy atom. The Bertz CT molecular complexity index is 1090. The van der Waals surface area contributed by atoms with Crippen molar-refractivity contribution < 1.29 is 19.7 Å². The lowest BCUT2D eigenvalue weighted by molar-refractivity contribution is -0.124. The highest BCUT2D eigenvalue weighted by Gasteiger charge is 2.24. The van der Waals surface area contributed by atoms with Gasteiger partial charge in [-0.3, -0.25) is 9.69 Å². The summed E-state index contributed by atoms with van der Waals surface area (Å²) >= 11 is 0. The molecule has 1 atom stereocenters. The van der Waals surface area contributed by atoms with Crippen LogP contribution in [-0.4, -0.2) is 58.9 Å². The molecule has 37 heavy (non-hydrogen) atoms. The van der Waals surface area contributed by atoms with Crippen molar-refractivity contribution in [2.45, 2.75) is 64.3 Å². The largest absolute Gasteiger partial charge is 0.507 e. The second-order valence-electron chi connectivity index (χ2n) is 9.98. The molecule has 200 valence electrons. The van der Waals surface area contributed by atoms with Gasteiger partial charge in [-0.05, 0) is 68.9 Å². The number of carbonyl (C=O) groups excluding carboxylic acids is 1. The molecule has 2 aromatic carbocycles. The van der Waals surface area contributed by atoms with Gasteiger partial charge in [-0.15, -0.1) is 13.2 Å². The van der Waals surface area contributed by atoms with Gasteiger partial charge in [-0.1, -0.05) is 24.3 Å². The summed E-state index contributed by atoms with van der Waals surface area (Å²) in [6.07, 6.45) is 6.70. The number of phenolic OH excluding ortho intramolecular Hbond substituents is 1. The van der Waals surface area contributed by atoms with Gasteiger partial charge in [0.05, 0.1) is 12.7 Å². The Labute approximate surface area is 220 Å². The molecule has 1 fully saturated rings. The van der Waals surface area contributed by atoms with E-state index in [0.717, 1.165) is 65.9 Å². The molecule has 5 N–H and O–H groups in total. The van der Waals surface area contributed by atoms with Crippen LogP contribution < -0.4 is 15.8 Å². The minimum absolute atomic E-state index is 0.00399. The average Bonchev–Trinajstić information content (AvgIpc) is 2.87. The van der Waals surface area contributed by atoms with Gasteiger partial charge in [0.15, 0.2) is 0 Å². The van der Waals surface area contributed by atoms with Crippen LogP contribution in [0.25, 0.3) is 11.1 Å². The SMILES string of the molecule is C=CCc1ccc(OC(C)C)c(-c2cc(CC=C)cc(CN3CCC(NC(=O)[C@@H](N)CO)CC3)c2O)c1. The minimum atomic E-state index is -0.893. The second-order valence-corrected chi connectivity index (χ2v) is 9.98. The monoisotopic (exact) mass is 507 g/mol. The summed E-state index contributed by atoms with van der Waals surface area (Å²) in [7, 11) is 0. The summed E-state index contributed by atoms with van der Waals surface area (Å²) < 4.78 is 6.12. The van der Waals surface area contributed by atoms with Crippen LogP contribution in [0.4, 0.5) is 0 Å². The van der Waals surface area contributed by atoms with E-state index in [1.807, 2.05) is 50.3 Å². The number of nitrogens with one attached hydrogen (secondary N) is 1. The topological polar surface area (TPSA) is 108 Å². The molecular formula is C30H41N3O4. The van der Waals surface area contributed by atoms with Crippen molar-refractivity contribution in [1.82, 2.24) is 10.2 Å². The first kappa shape index (κ1) is 28.4. The van der Waals surface area contributed by atoms with E-state index < -0.39 is 6.04 Å². The highest BCUT2D eigenvalue weighted by atomic mass is 16.5. The lowest BCUT2D eigenvalue weighted by atomic mass is 9.94. The fourth-order valence-corrected chi connectivity index (χ4v) is 4.68. The summed E-state index contributed by atoms with van der Waals surface area (Å²) in [6.45, 7) is 13.5. The van der Waals surface area contributed by atoms with Gasteiger partial charge < -0.3 is 26.0 Å². The van der Waals surface area contributed by atoms with Gasteiger partial charge in [-0.2, -0.15) is 0 Å². The molecule has 1 aliphatic heterocycles. The summed E-state index contributed by atoms with van der Waals surface area (Å²) in [5.74, 6) is 0.664. The molecule has 1 aliphatic rings. The molecule has 0 unspecified atom stereocenters. The van der Waals surface area contributed by atoms with Crippen molar-refractivity contribution >= 4 is 5.91 Å². The summed E-state index contributed by atoms with van der Waals surface area (Å²) in [4.78, 5) is 14.3. The Hall–Kier alpha value is -3.13. The highest BCUT2D eigenvalue weighted by Crippen LogP contribution is 2.40. The van der Waals surface area contributed by atoms with Gasteiger partial charge in [0.2, 0.25) is 5.91 Å². The number of carbonyl (C=O) groups is 1. The molecule has 0 aliphatic carbocycles. The van der Waals surface area contributed by atoms with Crippen LogP contribution in [0, 0.1) is 0 Å². The lowest BCUT2D eigenvalue weighted by Crippen LogP contribution is -2.50. The third-order valence-corrected chi connectivity index (χ3v) is 6.57. The maximum atomic E-state index is 12.0. The van der Waals surface area contributed by atoms with Gasteiger partial charge in [-0.25, -0.2) is 0 Å². The molecule has 1 heterocycles. The lowest BCUT2D eigenvalue weighted by Gasteiger charge is -2.33. The number of aromatic hydroxyl groups is 1. The van der Waals surface area contributed by atoms with Crippen LogP contribution in [0.5, 0.6) is 11.5 Å². The van der Waals surface area contributed by atoms with Crippen LogP contribution in [0.15, 0.2) is 55.6 Å². The molecule has 1 saturated heterocycles. The Balaban J connectivity index is 1.87. The number of nitrogens with zero attached hydrogens (tertiary/aromatic N) is 1. The number of nitrogens with two attached hydrogens (primary N) is 1. The average molecular weight is 508 g/mol. The van der Waals surface area contributed by atoms with Crippen LogP contribution >= 0.6 is 0 Å². The predicted molar refractivity (Wildman–Crippen MR) is 149 cm³/mol. The molecule has 0 aromatic heterocycles. The number of aliphatic hydroxyl groups is 1. The van der Waals surface area contributed by atoms with Crippen LogP contribution in [-0.2, 0) is 24.2 Å². The minimum Gasteiger partial charge on any atom is -0.507 e. The van der Waals surface area contributed by atoms with Gasteiger partial charge in [0.1, 0.15) is 17.5 Å². The molecule has 0 bridgehead atoms. The van der Waals surface area contributed by atoms with Crippen molar-refractivity contribution in [3.05, 3.63) is 72.3 Å². The third kappa shape index (κ3) is 7.68. The molecule has 7 nitrogen and oxygen atoms in total. The van der Waals surface area contributed by atoms with Crippen LogP contribution in [0.2, 0.25) is 0 Å². The van der Waals surface area contributed by atoms with E-state index in [1.54, 1.807) is 0 Å². The smallest absolute Gasteiger partial charge is 0.239 e. The van der Waals surface area contributed by atoms with Crippen molar-refractivity contribution in [2.24, 2.45) is 5.73 Å². The first-order chi connectivity index (χ1) is 17.7. The molecule has 2 aromatic rings. The number of ether oxygens (including phenoxy) is 1. The number of benzene rings is 2. The summed E-state index contributed by atoms with van der Waals surface area (Å²) in [6, 6.07) is 9.27. The number of amides is 1. The standard InChI is InChI=1S/C30H41N3O4/c1-5-7-21-9-10-28(37-20(3)4)25(16-21)26-17-22(8-6-2)15-23(29(26)35)18-33-13-11-24(12-14-33)32-30(36)27(31)19-34/h5-6,9-10,15-17,20,24,27,34-35H,1-2,7-8,11-14,18-19,31H2,3-4H3,(H,32,36)/t27-/m0/s1. The number of rotatable bonds is 12. The first-order valence-corrected chi connectivity index (χ1v) is 13.0. The molecule has 3 rings (SSSR count). The Morgan fingerprint density at radius 1 is 1.14 bits per heavy atom. The predicted octanol–water partition coefficient (Wildman–Crippen LogP) is 3.70. The number of likely N-dealkylation sites (tertiary alicyclic amines) is 1. The third-order valence-electron chi connectivity index (χ3n) is 6.57. The van der Waals surface area contributed by atoms with Crippen LogP contribution in [0.3, 0.4) is 0 Å². The van der Waals surface area contributed by atoms with Gasteiger partial charge in [0, 0.05) is 42.4 Å². The molecule has 7 heteroatoms. The van der Waals surface area contributed by atoms with E-state index in [2.05, 4.69) is 29.4 Å². The number of phenols is 1. The normalized spacial score (nSPS) is 15.4. The van der Waals surface area contributed by atoms with E-state index in [-0.39, 0.29) is 30.4 Å². The fourth-order valence-electron chi connectivity index (χ4n) is 4.68. The van der Waals surface area contributed by atoms with E-state index in [4.69, 9.17) is 15.6 Å². The molecule has 0 saturated carbocycles. The molecule has 0 spiro atoms. The van der Waals surface area contributed by atoms with E-state index in [0.29, 0.717) is 13.0 Å².